The van der Waals surface area contributed by atoms with Gasteiger partial charge in [-0.05, 0) is 12.1 Å². The lowest BCUT2D eigenvalue weighted by molar-refractivity contribution is -0.115. The van der Waals surface area contributed by atoms with Gasteiger partial charge in [0.1, 0.15) is 12.4 Å². The molecule has 0 saturated heterocycles. The summed E-state index contributed by atoms with van der Waals surface area (Å²) in [5, 5.41) is 9.65. The van der Waals surface area contributed by atoms with Gasteiger partial charge in [0.15, 0.2) is 11.0 Å². The van der Waals surface area contributed by atoms with E-state index in [0.717, 1.165) is 0 Å². The normalized spacial score (nSPS) is 10.5. The van der Waals surface area contributed by atoms with Crippen LogP contribution in [0, 0.1) is 0 Å². The van der Waals surface area contributed by atoms with Crippen molar-refractivity contribution in [3.05, 3.63) is 46.7 Å². The topological polar surface area (TPSA) is 83.0 Å². The number of hydrogen-bond acceptors (Lipinski definition) is 5. The molecule has 2 aromatic rings. The Bertz CT molecular complexity index is 721. The van der Waals surface area contributed by atoms with Crippen molar-refractivity contribution in [2.75, 3.05) is 5.75 Å². The van der Waals surface area contributed by atoms with E-state index in [0.29, 0.717) is 33.3 Å². The van der Waals surface area contributed by atoms with Gasteiger partial charge in [0, 0.05) is 17.6 Å². The highest BCUT2D eigenvalue weighted by Crippen LogP contribution is 2.28. The first-order chi connectivity index (χ1) is 11.0. The van der Waals surface area contributed by atoms with Gasteiger partial charge in [0.25, 0.3) is 0 Å². The van der Waals surface area contributed by atoms with E-state index < -0.39 is 5.91 Å². The number of aromatic nitrogens is 3. The molecule has 0 fully saturated rings. The molecule has 2 rings (SSSR count). The molecule has 0 unspecified atom stereocenters. The Morgan fingerprint density at radius 3 is 2.91 bits per heavy atom. The molecule has 0 aliphatic heterocycles. The molecule has 0 bridgehead atoms. The number of amides is 1. The molecule has 122 valence electrons. The maximum Gasteiger partial charge on any atom is 0.227 e. The number of thioether (sulfide) groups is 1. The summed E-state index contributed by atoms with van der Waals surface area (Å²) in [6.07, 6.45) is 1.70. The fourth-order valence-electron chi connectivity index (χ4n) is 1.71. The van der Waals surface area contributed by atoms with Crippen molar-refractivity contribution in [2.24, 2.45) is 5.73 Å². The van der Waals surface area contributed by atoms with E-state index in [9.17, 15) is 4.79 Å². The molecule has 0 radical (unpaired) electrons. The number of carbonyl (C=O) groups is 1. The van der Waals surface area contributed by atoms with Crippen molar-refractivity contribution in [3.8, 4) is 5.75 Å². The van der Waals surface area contributed by atoms with Crippen LogP contribution in [0.4, 0.5) is 0 Å². The maximum absolute atomic E-state index is 10.9. The molecule has 0 aliphatic rings. The second-order valence-electron chi connectivity index (χ2n) is 4.42. The largest absolute Gasteiger partial charge is 0.484 e. The summed E-state index contributed by atoms with van der Waals surface area (Å²) in [6, 6.07) is 4.96. The third kappa shape index (κ3) is 4.89. The minimum atomic E-state index is -0.424. The number of hydrogen-bond donors (Lipinski definition) is 1. The van der Waals surface area contributed by atoms with Crippen LogP contribution in [-0.2, 0) is 17.9 Å². The summed E-state index contributed by atoms with van der Waals surface area (Å²) in [5.41, 5.74) is 5.15. The van der Waals surface area contributed by atoms with Gasteiger partial charge in [-0.25, -0.2) is 0 Å². The van der Waals surface area contributed by atoms with E-state index in [1.807, 2.05) is 0 Å². The van der Waals surface area contributed by atoms with Gasteiger partial charge < -0.3 is 10.5 Å². The zero-order valence-corrected chi connectivity index (χ0v) is 14.4. The molecule has 0 aliphatic carbocycles. The van der Waals surface area contributed by atoms with Crippen LogP contribution in [0.2, 0.25) is 10.0 Å². The van der Waals surface area contributed by atoms with E-state index >= 15 is 0 Å². The molecule has 0 spiro atoms. The minimum absolute atomic E-state index is 0.121. The third-order valence-corrected chi connectivity index (χ3v) is 4.24. The molecule has 1 amide bonds. The van der Waals surface area contributed by atoms with Gasteiger partial charge in [0.05, 0.1) is 10.8 Å². The monoisotopic (exact) mass is 372 g/mol. The van der Waals surface area contributed by atoms with Gasteiger partial charge in [0.2, 0.25) is 5.91 Å². The van der Waals surface area contributed by atoms with E-state index in [4.69, 9.17) is 33.7 Å². The molecule has 1 aromatic carbocycles. The molecule has 1 heterocycles. The van der Waals surface area contributed by atoms with Gasteiger partial charge in [-0.2, -0.15) is 0 Å². The Kier molecular flexibility index (Phi) is 6.32. The number of ether oxygens (including phenoxy) is 1. The molecule has 23 heavy (non-hydrogen) atoms. The fraction of sp³-hybridized carbons (Fsp3) is 0.214. The molecule has 9 heteroatoms. The number of halogens is 2. The quantitative estimate of drug-likeness (QED) is 0.568. The number of carbonyl (C=O) groups excluding carboxylic acids is 1. The van der Waals surface area contributed by atoms with Crippen LogP contribution in [0.15, 0.2) is 36.0 Å². The fourth-order valence-corrected chi connectivity index (χ4v) is 2.75. The minimum Gasteiger partial charge on any atom is -0.484 e. The lowest BCUT2D eigenvalue weighted by atomic mass is 10.3. The van der Waals surface area contributed by atoms with Crippen molar-refractivity contribution in [2.45, 2.75) is 18.3 Å². The van der Waals surface area contributed by atoms with E-state index in [1.54, 1.807) is 28.8 Å². The van der Waals surface area contributed by atoms with Crippen LogP contribution >= 0.6 is 35.0 Å². The highest BCUT2D eigenvalue weighted by molar-refractivity contribution is 7.99. The second-order valence-corrected chi connectivity index (χ2v) is 6.20. The van der Waals surface area contributed by atoms with Crippen LogP contribution in [0.5, 0.6) is 5.75 Å². The van der Waals surface area contributed by atoms with Gasteiger partial charge in [-0.15, -0.1) is 16.8 Å². The molecular weight excluding hydrogens is 359 g/mol. The average Bonchev–Trinajstić information content (AvgIpc) is 2.89. The zero-order valence-electron chi connectivity index (χ0n) is 12.0. The lowest BCUT2D eigenvalue weighted by Gasteiger charge is -2.10. The number of allylic oxidation sites excluding steroid dienone is 1. The molecule has 0 saturated carbocycles. The summed E-state index contributed by atoms with van der Waals surface area (Å²) in [5.74, 6) is 0.731. The maximum atomic E-state index is 10.9. The highest BCUT2D eigenvalue weighted by atomic mass is 35.5. The summed E-state index contributed by atoms with van der Waals surface area (Å²) in [7, 11) is 0. The smallest absolute Gasteiger partial charge is 0.227 e. The van der Waals surface area contributed by atoms with Crippen molar-refractivity contribution < 1.29 is 9.53 Å². The van der Waals surface area contributed by atoms with Crippen LogP contribution in [0.1, 0.15) is 5.82 Å². The molecular formula is C14H14Cl2N4O2S. The SMILES string of the molecule is C=CCn1c(COc2cc(Cl)ccc2Cl)nnc1SCC(N)=O. The Balaban J connectivity index is 2.14. The predicted octanol–water partition coefficient (Wildman–Crippen LogP) is 2.93. The van der Waals surface area contributed by atoms with Gasteiger partial charge in [-0.1, -0.05) is 41.0 Å². The summed E-state index contributed by atoms with van der Waals surface area (Å²) in [4.78, 5) is 10.9. The van der Waals surface area contributed by atoms with E-state index in [-0.39, 0.29) is 12.4 Å². The van der Waals surface area contributed by atoms with Crippen LogP contribution in [0.3, 0.4) is 0 Å². The number of rotatable bonds is 8. The highest BCUT2D eigenvalue weighted by Gasteiger charge is 2.14. The van der Waals surface area contributed by atoms with Crippen molar-refractivity contribution in [1.29, 1.82) is 0 Å². The van der Waals surface area contributed by atoms with Crippen molar-refractivity contribution in [3.63, 3.8) is 0 Å². The standard InChI is InChI=1S/C14H14Cl2N4O2S/c1-2-5-20-13(18-19-14(20)23-8-12(17)21)7-22-11-6-9(15)3-4-10(11)16/h2-4,6H,1,5,7-8H2,(H2,17,21). The van der Waals surface area contributed by atoms with Gasteiger partial charge >= 0.3 is 0 Å². The molecule has 6 nitrogen and oxygen atoms in total. The second kappa shape index (κ2) is 8.24. The Morgan fingerprint density at radius 2 is 2.22 bits per heavy atom. The van der Waals surface area contributed by atoms with E-state index in [1.165, 1.54) is 11.8 Å². The van der Waals surface area contributed by atoms with Crippen LogP contribution < -0.4 is 10.5 Å². The van der Waals surface area contributed by atoms with Crippen LogP contribution in [-0.4, -0.2) is 26.4 Å². The van der Waals surface area contributed by atoms with Crippen LogP contribution in [0.25, 0.3) is 0 Å². The van der Waals surface area contributed by atoms with Crippen molar-refractivity contribution in [1.82, 2.24) is 14.8 Å². The van der Waals surface area contributed by atoms with Gasteiger partial charge in [-0.3, -0.25) is 9.36 Å². The number of nitrogens with two attached hydrogens (primary N) is 1. The molecule has 1 aromatic heterocycles. The number of nitrogens with zero attached hydrogens (tertiary/aromatic N) is 3. The first-order valence-corrected chi connectivity index (χ1v) is 8.27. The summed E-state index contributed by atoms with van der Waals surface area (Å²) >= 11 is 13.2. The Morgan fingerprint density at radius 1 is 1.43 bits per heavy atom. The molecule has 0 atom stereocenters. The Hall–Kier alpha value is -1.70. The zero-order chi connectivity index (χ0) is 16.8. The molecule has 2 N–H and O–H groups in total. The number of primary amides is 1. The summed E-state index contributed by atoms with van der Waals surface area (Å²) in [6.45, 7) is 4.33. The van der Waals surface area contributed by atoms with E-state index in [2.05, 4.69) is 16.8 Å². The average molecular weight is 373 g/mol. The summed E-state index contributed by atoms with van der Waals surface area (Å²) < 4.78 is 7.45. The first-order valence-electron chi connectivity index (χ1n) is 6.53. The van der Waals surface area contributed by atoms with Crippen molar-refractivity contribution >= 4 is 40.9 Å². The lowest BCUT2D eigenvalue weighted by Crippen LogP contribution is -2.14. The Labute approximate surface area is 147 Å². The number of benzene rings is 1. The predicted molar refractivity (Wildman–Crippen MR) is 90.9 cm³/mol. The third-order valence-electron chi connectivity index (χ3n) is 2.70. The first kappa shape index (κ1) is 17.7.